The summed E-state index contributed by atoms with van der Waals surface area (Å²) in [5, 5.41) is 4.74. The number of amides is 1. The topological polar surface area (TPSA) is 104 Å². The molecule has 0 radical (unpaired) electrons. The van der Waals surface area contributed by atoms with Gasteiger partial charge in [-0.25, -0.2) is 14.5 Å². The second kappa shape index (κ2) is 11.7. The number of ether oxygens (including phenoxy) is 3. The monoisotopic (exact) mass is 626 g/mol. The molecule has 0 bridgehead atoms. The molecule has 2 aromatic heterocycles. The second-order valence-corrected chi connectivity index (χ2v) is 11.5. The SMILES string of the molecule is O=C1OC[C@@H]2C[C@@H](Oc3cc4c(=O)n(Cc5ccc(Cl)cc5)c(N5CCOCC5)nc4cc3-c3cnn(C(F)F)c3)CCN12. The largest absolute Gasteiger partial charge is 0.490 e. The van der Waals surface area contributed by atoms with Crippen molar-refractivity contribution in [2.24, 2.45) is 0 Å². The van der Waals surface area contributed by atoms with Crippen molar-refractivity contribution in [1.82, 2.24) is 24.2 Å². The van der Waals surface area contributed by atoms with E-state index in [-0.39, 0.29) is 36.9 Å². The fourth-order valence-corrected chi connectivity index (χ4v) is 6.14. The van der Waals surface area contributed by atoms with Crippen molar-refractivity contribution in [3.63, 3.8) is 0 Å². The quantitative estimate of drug-likeness (QED) is 0.294. The van der Waals surface area contributed by atoms with Crippen molar-refractivity contribution < 1.29 is 27.8 Å². The molecule has 11 nitrogen and oxygen atoms in total. The average Bonchev–Trinajstić information content (AvgIpc) is 3.67. The van der Waals surface area contributed by atoms with Crippen LogP contribution in [-0.2, 0) is 16.0 Å². The van der Waals surface area contributed by atoms with Gasteiger partial charge in [0.1, 0.15) is 18.5 Å². The highest BCUT2D eigenvalue weighted by molar-refractivity contribution is 6.30. The Labute approximate surface area is 255 Å². The fraction of sp³-hybridized carbons (Fsp3) is 0.400. The lowest BCUT2D eigenvalue weighted by Gasteiger charge is -2.33. The Hall–Kier alpha value is -4.23. The van der Waals surface area contributed by atoms with Gasteiger partial charge in [-0.3, -0.25) is 9.36 Å². The molecule has 0 spiro atoms. The summed E-state index contributed by atoms with van der Waals surface area (Å²) in [6.45, 7) is 0.307. The van der Waals surface area contributed by atoms with E-state index in [2.05, 4.69) is 5.10 Å². The number of halogens is 3. The van der Waals surface area contributed by atoms with Gasteiger partial charge < -0.3 is 24.0 Å². The van der Waals surface area contributed by atoms with Gasteiger partial charge in [0, 0.05) is 54.8 Å². The van der Waals surface area contributed by atoms with Crippen molar-refractivity contribution in [3.05, 3.63) is 69.7 Å². The number of carbonyl (C=O) groups is 1. The molecule has 5 heterocycles. The lowest BCUT2D eigenvalue weighted by molar-refractivity contribution is 0.0566. The molecule has 0 saturated carbocycles. The molecule has 14 heteroatoms. The van der Waals surface area contributed by atoms with Gasteiger partial charge in [0.2, 0.25) is 5.95 Å². The van der Waals surface area contributed by atoms with E-state index < -0.39 is 6.55 Å². The zero-order valence-electron chi connectivity index (χ0n) is 23.6. The summed E-state index contributed by atoms with van der Waals surface area (Å²) in [6.07, 6.45) is 3.06. The first-order chi connectivity index (χ1) is 21.3. The van der Waals surface area contributed by atoms with Crippen LogP contribution in [0.4, 0.5) is 19.5 Å². The van der Waals surface area contributed by atoms with E-state index in [1.165, 1.54) is 12.4 Å². The second-order valence-electron chi connectivity index (χ2n) is 11.1. The van der Waals surface area contributed by atoms with Gasteiger partial charge in [-0.2, -0.15) is 13.9 Å². The van der Waals surface area contributed by atoms with Gasteiger partial charge in [0.15, 0.2) is 0 Å². The number of nitrogens with zero attached hydrogens (tertiary/aromatic N) is 6. The van der Waals surface area contributed by atoms with E-state index in [0.717, 1.165) is 5.56 Å². The molecular weight excluding hydrogens is 598 g/mol. The minimum Gasteiger partial charge on any atom is -0.490 e. The predicted octanol–water partition coefficient (Wildman–Crippen LogP) is 4.56. The van der Waals surface area contributed by atoms with Crippen LogP contribution in [0, 0.1) is 0 Å². The molecule has 7 rings (SSSR count). The van der Waals surface area contributed by atoms with Crippen molar-refractivity contribution in [2.75, 3.05) is 44.4 Å². The highest BCUT2D eigenvalue weighted by Crippen LogP contribution is 2.37. The third kappa shape index (κ3) is 5.45. The molecule has 44 heavy (non-hydrogen) atoms. The van der Waals surface area contributed by atoms with Gasteiger partial charge in [0.25, 0.3) is 5.56 Å². The smallest absolute Gasteiger partial charge is 0.410 e. The van der Waals surface area contributed by atoms with E-state index >= 15 is 0 Å². The molecule has 3 aliphatic heterocycles. The number of hydrogen-bond acceptors (Lipinski definition) is 8. The van der Waals surface area contributed by atoms with Crippen LogP contribution in [0.1, 0.15) is 25.0 Å². The van der Waals surface area contributed by atoms with Crippen LogP contribution < -0.4 is 15.2 Å². The highest BCUT2D eigenvalue weighted by Gasteiger charge is 2.39. The number of anilines is 1. The van der Waals surface area contributed by atoms with Crippen molar-refractivity contribution in [3.8, 4) is 16.9 Å². The first-order valence-corrected chi connectivity index (χ1v) is 14.8. The summed E-state index contributed by atoms with van der Waals surface area (Å²) in [7, 11) is 0. The number of fused-ring (bicyclic) bond motifs is 2. The number of hydrogen-bond donors (Lipinski definition) is 0. The van der Waals surface area contributed by atoms with Gasteiger partial charge in [-0.05, 0) is 29.8 Å². The van der Waals surface area contributed by atoms with E-state index in [9.17, 15) is 18.4 Å². The minimum atomic E-state index is -2.82. The van der Waals surface area contributed by atoms with Crippen molar-refractivity contribution in [1.29, 1.82) is 0 Å². The Morgan fingerprint density at radius 2 is 1.89 bits per heavy atom. The van der Waals surface area contributed by atoms with Crippen LogP contribution >= 0.6 is 11.6 Å². The predicted molar refractivity (Wildman–Crippen MR) is 158 cm³/mol. The van der Waals surface area contributed by atoms with Crippen LogP contribution in [0.5, 0.6) is 5.75 Å². The van der Waals surface area contributed by atoms with Crippen molar-refractivity contribution in [2.45, 2.75) is 38.1 Å². The van der Waals surface area contributed by atoms with E-state index in [0.29, 0.717) is 89.1 Å². The van der Waals surface area contributed by atoms with E-state index in [1.54, 1.807) is 33.7 Å². The number of aromatic nitrogens is 4. The van der Waals surface area contributed by atoms with E-state index in [1.807, 2.05) is 17.0 Å². The molecule has 0 aliphatic carbocycles. The molecule has 2 atom stereocenters. The molecule has 3 aliphatic rings. The number of benzene rings is 2. The lowest BCUT2D eigenvalue weighted by Crippen LogP contribution is -2.44. The number of carbonyl (C=O) groups excluding carboxylic acids is 1. The molecule has 3 saturated heterocycles. The third-order valence-corrected chi connectivity index (χ3v) is 8.54. The third-order valence-electron chi connectivity index (χ3n) is 8.29. The molecule has 4 aromatic rings. The Bertz CT molecular complexity index is 1760. The number of alkyl halides is 2. The maximum absolute atomic E-state index is 14.2. The summed E-state index contributed by atoms with van der Waals surface area (Å²) in [5.74, 6) is 0.841. The number of morpholine rings is 1. The summed E-state index contributed by atoms with van der Waals surface area (Å²) in [4.78, 5) is 34.9. The van der Waals surface area contributed by atoms with Crippen LogP contribution in [0.15, 0.2) is 53.6 Å². The van der Waals surface area contributed by atoms with Crippen LogP contribution in [-0.4, -0.2) is 81.9 Å². The fourth-order valence-electron chi connectivity index (χ4n) is 6.01. The molecular formula is C30H29ClF2N6O5. The number of piperidine rings is 1. The van der Waals surface area contributed by atoms with Crippen LogP contribution in [0.2, 0.25) is 5.02 Å². The zero-order valence-corrected chi connectivity index (χ0v) is 24.3. The van der Waals surface area contributed by atoms with Gasteiger partial charge in [-0.1, -0.05) is 23.7 Å². The average molecular weight is 627 g/mol. The molecule has 230 valence electrons. The summed E-state index contributed by atoms with van der Waals surface area (Å²) >= 11 is 6.10. The number of rotatable bonds is 7. The Balaban J connectivity index is 1.34. The lowest BCUT2D eigenvalue weighted by atomic mass is 10.0. The van der Waals surface area contributed by atoms with Gasteiger partial charge in [-0.15, -0.1) is 0 Å². The standard InChI is InChI=1S/C30H29ClF2N6O5/c31-20-3-1-18(2-4-20)15-38-27(40)24-13-26(44-22-5-6-37-21(11-22)17-43-30(37)41)23(19-14-34-39(16-19)28(32)33)12-25(24)35-29(38)36-7-9-42-10-8-36/h1-4,12-14,16,21-22,28H,5-11,15,17H2/t21-,22-/m0/s1. The van der Waals surface area contributed by atoms with E-state index in [4.69, 9.17) is 30.8 Å². The zero-order chi connectivity index (χ0) is 30.4. The van der Waals surface area contributed by atoms with Crippen molar-refractivity contribution >= 4 is 34.5 Å². The summed E-state index contributed by atoms with van der Waals surface area (Å²) in [6, 6.07) is 10.5. The summed E-state index contributed by atoms with van der Waals surface area (Å²) < 4.78 is 46.4. The molecule has 2 aromatic carbocycles. The first-order valence-electron chi connectivity index (χ1n) is 14.4. The number of cyclic esters (lactones) is 1. The summed E-state index contributed by atoms with van der Waals surface area (Å²) in [5.41, 5.74) is 1.90. The maximum Gasteiger partial charge on any atom is 0.410 e. The van der Waals surface area contributed by atoms with Crippen LogP contribution in [0.25, 0.3) is 22.0 Å². The van der Waals surface area contributed by atoms with Gasteiger partial charge in [0.05, 0.1) is 42.9 Å². The normalized spacial score (nSPS) is 20.3. The minimum absolute atomic E-state index is 0.110. The molecule has 3 fully saturated rings. The Morgan fingerprint density at radius 1 is 1.09 bits per heavy atom. The maximum atomic E-state index is 14.2. The Kier molecular flexibility index (Phi) is 7.58. The highest BCUT2D eigenvalue weighted by atomic mass is 35.5. The van der Waals surface area contributed by atoms with Crippen LogP contribution in [0.3, 0.4) is 0 Å². The molecule has 0 unspecified atom stereocenters. The Morgan fingerprint density at radius 3 is 2.64 bits per heavy atom. The van der Waals surface area contributed by atoms with Gasteiger partial charge >= 0.3 is 12.6 Å². The molecule has 0 N–H and O–H groups in total. The first kappa shape index (κ1) is 28.5. The molecule has 1 amide bonds.